The molecule has 0 saturated heterocycles. The van der Waals surface area contributed by atoms with Gasteiger partial charge in [0.1, 0.15) is 0 Å². The number of H-pyrrole nitrogens is 1. The highest BCUT2D eigenvalue weighted by molar-refractivity contribution is 6.67. The summed E-state index contributed by atoms with van der Waals surface area (Å²) in [5.41, 5.74) is -2.26. The number of pyridine rings is 1. The average Bonchev–Trinajstić information content (AvgIpc) is 2.03. The summed E-state index contributed by atoms with van der Waals surface area (Å²) in [6.45, 7) is 0. The van der Waals surface area contributed by atoms with Crippen molar-refractivity contribution < 1.29 is 13.6 Å². The Balaban J connectivity index is 3.36. The van der Waals surface area contributed by atoms with E-state index in [9.17, 15) is 18.4 Å². The molecule has 1 aromatic heterocycles. The first kappa shape index (κ1) is 9.85. The second-order valence-electron chi connectivity index (χ2n) is 2.23. The third kappa shape index (κ3) is 1.92. The molecule has 1 heterocycles. The number of hydrogen-bond acceptors (Lipinski definition) is 2. The number of hydrogen-bond donors (Lipinski definition) is 1. The lowest BCUT2D eigenvalue weighted by molar-refractivity contribution is 0.107. The zero-order chi connectivity index (χ0) is 10.0. The molecule has 0 aliphatic rings. The summed E-state index contributed by atoms with van der Waals surface area (Å²) in [5, 5.41) is -1.05. The minimum Gasteiger partial charge on any atom is -0.366 e. The Bertz CT molecular complexity index is 388. The number of aromatic amines is 1. The second-order valence-corrected chi connectivity index (χ2v) is 2.57. The summed E-state index contributed by atoms with van der Waals surface area (Å²) >= 11 is 4.98. The first-order valence-electron chi connectivity index (χ1n) is 3.23. The van der Waals surface area contributed by atoms with Gasteiger partial charge in [0.25, 0.3) is 11.7 Å². The van der Waals surface area contributed by atoms with Crippen molar-refractivity contribution in [3.63, 3.8) is 0 Å². The van der Waals surface area contributed by atoms with Gasteiger partial charge in [-0.1, -0.05) is 0 Å². The number of alkyl halides is 2. The van der Waals surface area contributed by atoms with E-state index < -0.39 is 28.2 Å². The summed E-state index contributed by atoms with van der Waals surface area (Å²) in [7, 11) is 0. The van der Waals surface area contributed by atoms with Crippen molar-refractivity contribution in [2.45, 2.75) is 6.43 Å². The first-order valence-corrected chi connectivity index (χ1v) is 3.61. The average molecular weight is 208 g/mol. The van der Waals surface area contributed by atoms with Gasteiger partial charge < -0.3 is 4.98 Å². The van der Waals surface area contributed by atoms with Gasteiger partial charge in [-0.15, -0.1) is 0 Å². The molecule has 1 aromatic rings. The molecule has 0 aromatic carbocycles. The minimum atomic E-state index is -2.92. The van der Waals surface area contributed by atoms with Gasteiger partial charge in [-0.2, -0.15) is 0 Å². The fourth-order valence-electron chi connectivity index (χ4n) is 0.809. The molecular formula is C7H4ClF2NO2. The number of halogens is 3. The quantitative estimate of drug-likeness (QED) is 0.751. The number of nitrogens with one attached hydrogen (secondary N) is 1. The van der Waals surface area contributed by atoms with Crippen LogP contribution in [0.15, 0.2) is 17.2 Å². The van der Waals surface area contributed by atoms with Crippen LogP contribution >= 0.6 is 11.6 Å². The predicted octanol–water partition coefficient (Wildman–Crippen LogP) is 1.69. The van der Waals surface area contributed by atoms with Crippen molar-refractivity contribution in [2.75, 3.05) is 0 Å². The summed E-state index contributed by atoms with van der Waals surface area (Å²) < 4.78 is 24.2. The molecule has 0 atom stereocenters. The van der Waals surface area contributed by atoms with Gasteiger partial charge in [-0.25, -0.2) is 8.78 Å². The zero-order valence-electron chi connectivity index (χ0n) is 6.18. The maximum Gasteiger partial charge on any atom is 0.269 e. The first-order chi connectivity index (χ1) is 6.04. The molecule has 0 spiro atoms. The molecule has 0 bridgehead atoms. The molecule has 0 amide bonds. The highest BCUT2D eigenvalue weighted by atomic mass is 35.5. The van der Waals surface area contributed by atoms with E-state index in [1.807, 2.05) is 0 Å². The summed E-state index contributed by atoms with van der Waals surface area (Å²) in [5.74, 6) is 0. The van der Waals surface area contributed by atoms with Gasteiger partial charge in [-0.05, 0) is 11.6 Å². The van der Waals surface area contributed by atoms with E-state index in [1.165, 1.54) is 0 Å². The predicted molar refractivity (Wildman–Crippen MR) is 42.2 cm³/mol. The van der Waals surface area contributed by atoms with Crippen molar-refractivity contribution in [1.29, 1.82) is 0 Å². The number of aromatic nitrogens is 1. The zero-order valence-corrected chi connectivity index (χ0v) is 6.94. The van der Waals surface area contributed by atoms with Crippen LogP contribution in [0.5, 0.6) is 0 Å². The molecule has 1 N–H and O–H groups in total. The van der Waals surface area contributed by atoms with Crippen LogP contribution in [0.3, 0.4) is 0 Å². The number of carbonyl (C=O) groups is 1. The van der Waals surface area contributed by atoms with Crippen LogP contribution in [0.25, 0.3) is 0 Å². The van der Waals surface area contributed by atoms with Gasteiger partial charge in [0, 0.05) is 12.4 Å². The fourth-order valence-corrected chi connectivity index (χ4v) is 0.950. The van der Waals surface area contributed by atoms with Gasteiger partial charge >= 0.3 is 0 Å². The molecule has 0 aliphatic carbocycles. The molecule has 0 radical (unpaired) electrons. The largest absolute Gasteiger partial charge is 0.366 e. The molecule has 0 aliphatic heterocycles. The van der Waals surface area contributed by atoms with E-state index >= 15 is 0 Å². The molecule has 70 valence electrons. The van der Waals surface area contributed by atoms with Crippen molar-refractivity contribution >= 4 is 16.8 Å². The monoisotopic (exact) mass is 207 g/mol. The van der Waals surface area contributed by atoms with Crippen LogP contribution in [-0.2, 0) is 0 Å². The Morgan fingerprint density at radius 2 is 2.08 bits per heavy atom. The standard InChI is InChI=1S/C7H4ClF2NO2/c8-6(13)3-1-11-2-4(5(3)12)7(9)10/h1-2,7H,(H,11,12). The van der Waals surface area contributed by atoms with Crippen molar-refractivity contribution in [2.24, 2.45) is 0 Å². The third-order valence-electron chi connectivity index (χ3n) is 1.42. The molecule has 6 heteroatoms. The maximum atomic E-state index is 12.1. The summed E-state index contributed by atoms with van der Waals surface area (Å²) in [6, 6.07) is 0. The van der Waals surface area contributed by atoms with Crippen molar-refractivity contribution in [3.05, 3.63) is 33.7 Å². The van der Waals surface area contributed by atoms with Crippen molar-refractivity contribution in [3.8, 4) is 0 Å². The second kappa shape index (κ2) is 3.66. The maximum absolute atomic E-state index is 12.1. The van der Waals surface area contributed by atoms with E-state index in [0.717, 1.165) is 12.4 Å². The molecule has 0 unspecified atom stereocenters. The van der Waals surface area contributed by atoms with Crippen LogP contribution < -0.4 is 5.43 Å². The van der Waals surface area contributed by atoms with E-state index in [1.54, 1.807) is 0 Å². The normalized spacial score (nSPS) is 10.5. The minimum absolute atomic E-state index is 0.473. The molecule has 0 fully saturated rings. The van der Waals surface area contributed by atoms with Gasteiger partial charge in [0.05, 0.1) is 11.1 Å². The van der Waals surface area contributed by atoms with E-state index in [0.29, 0.717) is 0 Å². The van der Waals surface area contributed by atoms with E-state index in [-0.39, 0.29) is 0 Å². The van der Waals surface area contributed by atoms with Crippen LogP contribution in [0, 0.1) is 0 Å². The van der Waals surface area contributed by atoms with E-state index in [4.69, 9.17) is 11.6 Å². The van der Waals surface area contributed by atoms with Gasteiger partial charge in [0.15, 0.2) is 0 Å². The summed E-state index contributed by atoms with van der Waals surface area (Å²) in [4.78, 5) is 23.8. The van der Waals surface area contributed by atoms with Crippen LogP contribution in [0.4, 0.5) is 8.78 Å². The molecule has 1 rings (SSSR count). The van der Waals surface area contributed by atoms with E-state index in [2.05, 4.69) is 4.98 Å². The number of carbonyl (C=O) groups excluding carboxylic acids is 1. The Labute approximate surface area is 76.3 Å². The number of rotatable bonds is 2. The molecule has 13 heavy (non-hydrogen) atoms. The van der Waals surface area contributed by atoms with Gasteiger partial charge in [0.2, 0.25) is 5.43 Å². The highest BCUT2D eigenvalue weighted by Crippen LogP contribution is 2.13. The summed E-state index contributed by atoms with van der Waals surface area (Å²) in [6.07, 6.45) is -1.08. The van der Waals surface area contributed by atoms with Crippen LogP contribution in [0.2, 0.25) is 0 Å². The lowest BCUT2D eigenvalue weighted by atomic mass is 10.2. The van der Waals surface area contributed by atoms with Crippen LogP contribution in [-0.4, -0.2) is 10.2 Å². The van der Waals surface area contributed by atoms with Crippen LogP contribution in [0.1, 0.15) is 22.3 Å². The van der Waals surface area contributed by atoms with Crippen molar-refractivity contribution in [1.82, 2.24) is 4.98 Å². The van der Waals surface area contributed by atoms with Gasteiger partial charge in [-0.3, -0.25) is 9.59 Å². The Morgan fingerprint density at radius 1 is 1.46 bits per heavy atom. The smallest absolute Gasteiger partial charge is 0.269 e. The lowest BCUT2D eigenvalue weighted by Crippen LogP contribution is -2.17. The SMILES string of the molecule is O=C(Cl)c1c[nH]cc(C(F)F)c1=O. The Hall–Kier alpha value is -1.23. The Morgan fingerprint density at radius 3 is 2.54 bits per heavy atom. The topological polar surface area (TPSA) is 49.9 Å². The molecule has 0 saturated carbocycles. The third-order valence-corrected chi connectivity index (χ3v) is 1.62. The lowest BCUT2D eigenvalue weighted by Gasteiger charge is -1.98. The molecular weight excluding hydrogens is 204 g/mol. The highest BCUT2D eigenvalue weighted by Gasteiger charge is 2.16. The molecule has 3 nitrogen and oxygen atoms in total. The fraction of sp³-hybridized carbons (Fsp3) is 0.143. The Kier molecular flexibility index (Phi) is 2.77.